The first kappa shape index (κ1) is 11.0. The van der Waals surface area contributed by atoms with E-state index in [-0.39, 0.29) is 5.56 Å². The van der Waals surface area contributed by atoms with Crippen molar-refractivity contribution in [3.63, 3.8) is 0 Å². The van der Waals surface area contributed by atoms with Gasteiger partial charge in [-0.15, -0.1) is 0 Å². The molecule has 0 bridgehead atoms. The van der Waals surface area contributed by atoms with Gasteiger partial charge in [-0.2, -0.15) is 0 Å². The number of aliphatic carboxylic acids is 1. The lowest BCUT2D eigenvalue weighted by Crippen LogP contribution is -2.00. The minimum atomic E-state index is -1.31. The van der Waals surface area contributed by atoms with Crippen LogP contribution < -0.4 is 0 Å². The summed E-state index contributed by atoms with van der Waals surface area (Å²) in [5, 5.41) is 8.23. The molecule has 0 heterocycles. The summed E-state index contributed by atoms with van der Waals surface area (Å²) in [7, 11) is 0. The lowest BCUT2D eigenvalue weighted by Gasteiger charge is -1.97. The van der Waals surface area contributed by atoms with Crippen LogP contribution in [0.2, 0.25) is 0 Å². The average Bonchev–Trinajstić information content (AvgIpc) is 2.14. The van der Waals surface area contributed by atoms with Crippen LogP contribution in [0.25, 0.3) is 0 Å². The van der Waals surface area contributed by atoms with E-state index in [1.807, 2.05) is 0 Å². The number of halogens is 2. The fraction of sp³-hybridized carbons (Fsp3) is 0. The summed E-state index contributed by atoms with van der Waals surface area (Å²) in [5.74, 6) is -3.96. The predicted molar refractivity (Wildman–Crippen MR) is 47.5 cm³/mol. The fourth-order valence-corrected chi connectivity index (χ4v) is 0.926. The summed E-state index contributed by atoms with van der Waals surface area (Å²) in [4.78, 5) is 21.3. The Hall–Kier alpha value is -2.04. The van der Waals surface area contributed by atoms with E-state index in [0.717, 1.165) is 12.1 Å². The molecule has 0 saturated heterocycles. The minimum absolute atomic E-state index is 0.367. The summed E-state index contributed by atoms with van der Waals surface area (Å²) in [6.07, 6.45) is 1.30. The Morgan fingerprint density at radius 2 is 1.87 bits per heavy atom. The van der Waals surface area contributed by atoms with E-state index in [4.69, 9.17) is 5.11 Å². The molecule has 1 N–H and O–H groups in total. The molecule has 5 heteroatoms. The number of carboxylic acid groups (broad SMARTS) is 1. The molecule has 0 amide bonds. The van der Waals surface area contributed by atoms with Crippen LogP contribution in [0.1, 0.15) is 10.4 Å². The second kappa shape index (κ2) is 4.45. The maximum atomic E-state index is 13.0. The Morgan fingerprint density at radius 3 is 2.40 bits per heavy atom. The van der Waals surface area contributed by atoms with Gasteiger partial charge >= 0.3 is 5.97 Å². The van der Waals surface area contributed by atoms with Crippen LogP contribution in [0.3, 0.4) is 0 Å². The fourth-order valence-electron chi connectivity index (χ4n) is 0.926. The van der Waals surface area contributed by atoms with Crippen molar-refractivity contribution in [2.24, 2.45) is 0 Å². The highest BCUT2D eigenvalue weighted by Crippen LogP contribution is 2.10. The molecule has 1 aromatic rings. The topological polar surface area (TPSA) is 54.4 Å². The summed E-state index contributed by atoms with van der Waals surface area (Å²) in [6.45, 7) is 0. The van der Waals surface area contributed by atoms with Crippen LogP contribution in [0, 0.1) is 11.6 Å². The number of hydrogen-bond acceptors (Lipinski definition) is 2. The summed E-state index contributed by atoms with van der Waals surface area (Å²) in [5.41, 5.74) is -0.367. The summed E-state index contributed by atoms with van der Waals surface area (Å²) >= 11 is 0. The largest absolute Gasteiger partial charge is 0.478 e. The molecule has 15 heavy (non-hydrogen) atoms. The molecule has 0 aliphatic carbocycles. The molecule has 1 rings (SSSR count). The van der Waals surface area contributed by atoms with Crippen molar-refractivity contribution in [3.05, 3.63) is 47.5 Å². The molecule has 0 spiro atoms. The lowest BCUT2D eigenvalue weighted by atomic mass is 10.1. The normalized spacial score (nSPS) is 10.5. The summed E-state index contributed by atoms with van der Waals surface area (Å²) in [6, 6.07) is 2.44. The van der Waals surface area contributed by atoms with E-state index in [1.165, 1.54) is 0 Å². The molecule has 0 aliphatic rings. The van der Waals surface area contributed by atoms with Gasteiger partial charge in [0.05, 0.1) is 5.56 Å². The molecule has 0 saturated carbocycles. The molecular formula is C10H6F2O3. The Labute approximate surface area is 83.6 Å². The molecule has 0 unspecified atom stereocenters. The van der Waals surface area contributed by atoms with Gasteiger partial charge in [0.15, 0.2) is 5.78 Å². The zero-order valence-electron chi connectivity index (χ0n) is 7.41. The standard InChI is InChI=1S/C10H6F2O3/c11-6-1-2-7(8(12)5-6)9(13)3-4-10(14)15/h1-5H,(H,14,15)/b4-3-. The van der Waals surface area contributed by atoms with Crippen molar-refractivity contribution in [2.45, 2.75) is 0 Å². The maximum absolute atomic E-state index is 13.0. The first-order valence-corrected chi connectivity index (χ1v) is 3.91. The SMILES string of the molecule is O=C(O)/C=C\C(=O)c1ccc(F)cc1F. The number of carbonyl (C=O) groups excluding carboxylic acids is 1. The van der Waals surface area contributed by atoms with Gasteiger partial charge in [0.25, 0.3) is 0 Å². The zero-order valence-corrected chi connectivity index (χ0v) is 7.41. The Bertz CT molecular complexity index is 438. The van der Waals surface area contributed by atoms with Crippen LogP contribution in [0.4, 0.5) is 8.78 Å². The average molecular weight is 212 g/mol. The smallest absolute Gasteiger partial charge is 0.328 e. The van der Waals surface area contributed by atoms with Crippen LogP contribution in [-0.2, 0) is 4.79 Å². The molecule has 0 radical (unpaired) electrons. The van der Waals surface area contributed by atoms with E-state index in [0.29, 0.717) is 18.2 Å². The third-order valence-electron chi connectivity index (χ3n) is 1.57. The van der Waals surface area contributed by atoms with Crippen molar-refractivity contribution in [2.75, 3.05) is 0 Å². The van der Waals surface area contributed by atoms with E-state index in [1.54, 1.807) is 0 Å². The van der Waals surface area contributed by atoms with Gasteiger partial charge in [-0.05, 0) is 18.2 Å². The number of hydrogen-bond donors (Lipinski definition) is 1. The number of rotatable bonds is 3. The second-order valence-corrected chi connectivity index (χ2v) is 2.66. The predicted octanol–water partition coefficient (Wildman–Crippen LogP) is 1.79. The van der Waals surface area contributed by atoms with Gasteiger partial charge < -0.3 is 5.11 Å². The minimum Gasteiger partial charge on any atom is -0.478 e. The van der Waals surface area contributed by atoms with Gasteiger partial charge in [-0.3, -0.25) is 4.79 Å². The molecule has 0 aromatic heterocycles. The van der Waals surface area contributed by atoms with Crippen molar-refractivity contribution >= 4 is 11.8 Å². The highest BCUT2D eigenvalue weighted by Gasteiger charge is 2.09. The molecule has 78 valence electrons. The Morgan fingerprint density at radius 1 is 1.20 bits per heavy atom. The van der Waals surface area contributed by atoms with Crippen LogP contribution in [-0.4, -0.2) is 16.9 Å². The van der Waals surface area contributed by atoms with E-state index < -0.39 is 23.4 Å². The molecule has 0 fully saturated rings. The number of carbonyl (C=O) groups is 2. The third kappa shape index (κ3) is 2.98. The van der Waals surface area contributed by atoms with Gasteiger partial charge in [0.2, 0.25) is 0 Å². The Kier molecular flexibility index (Phi) is 3.28. The van der Waals surface area contributed by atoms with Gasteiger partial charge in [0, 0.05) is 12.1 Å². The number of benzene rings is 1. The van der Waals surface area contributed by atoms with E-state index >= 15 is 0 Å². The number of carboxylic acids is 1. The molecule has 0 atom stereocenters. The quantitative estimate of drug-likeness (QED) is 0.613. The Balaban J connectivity index is 2.97. The highest BCUT2D eigenvalue weighted by molar-refractivity contribution is 6.06. The first-order valence-electron chi connectivity index (χ1n) is 3.91. The molecule has 1 aromatic carbocycles. The monoisotopic (exact) mass is 212 g/mol. The van der Waals surface area contributed by atoms with Gasteiger partial charge in [-0.1, -0.05) is 0 Å². The van der Waals surface area contributed by atoms with Crippen molar-refractivity contribution in [3.8, 4) is 0 Å². The van der Waals surface area contributed by atoms with E-state index in [2.05, 4.69) is 0 Å². The van der Waals surface area contributed by atoms with Crippen LogP contribution in [0.15, 0.2) is 30.4 Å². The van der Waals surface area contributed by atoms with Crippen molar-refractivity contribution in [1.29, 1.82) is 0 Å². The van der Waals surface area contributed by atoms with Gasteiger partial charge in [0.1, 0.15) is 11.6 Å². The third-order valence-corrected chi connectivity index (χ3v) is 1.57. The van der Waals surface area contributed by atoms with E-state index in [9.17, 15) is 18.4 Å². The number of allylic oxidation sites excluding steroid dienone is 1. The highest BCUT2D eigenvalue weighted by atomic mass is 19.1. The van der Waals surface area contributed by atoms with Crippen molar-refractivity contribution < 1.29 is 23.5 Å². The second-order valence-electron chi connectivity index (χ2n) is 2.66. The van der Waals surface area contributed by atoms with Crippen LogP contribution >= 0.6 is 0 Å². The van der Waals surface area contributed by atoms with Crippen LogP contribution in [0.5, 0.6) is 0 Å². The lowest BCUT2D eigenvalue weighted by molar-refractivity contribution is -0.131. The molecule has 3 nitrogen and oxygen atoms in total. The zero-order chi connectivity index (χ0) is 11.4. The maximum Gasteiger partial charge on any atom is 0.328 e. The number of ketones is 1. The first-order chi connectivity index (χ1) is 7.00. The van der Waals surface area contributed by atoms with Gasteiger partial charge in [-0.25, -0.2) is 13.6 Å². The summed E-state index contributed by atoms with van der Waals surface area (Å²) < 4.78 is 25.4. The molecule has 0 aliphatic heterocycles. The van der Waals surface area contributed by atoms with Crippen molar-refractivity contribution in [1.82, 2.24) is 0 Å². The molecular weight excluding hydrogens is 206 g/mol.